The number of rotatable bonds is 2. The van der Waals surface area contributed by atoms with Crippen LogP contribution in [-0.2, 0) is 4.74 Å². The second kappa shape index (κ2) is 4.75. The summed E-state index contributed by atoms with van der Waals surface area (Å²) in [5.41, 5.74) is 1.50. The molecule has 0 radical (unpaired) electrons. The van der Waals surface area contributed by atoms with Gasteiger partial charge in [0.2, 0.25) is 0 Å². The zero-order valence-corrected chi connectivity index (χ0v) is 10.6. The third-order valence-corrected chi connectivity index (χ3v) is 3.52. The summed E-state index contributed by atoms with van der Waals surface area (Å²) in [5.74, 6) is 0. The van der Waals surface area contributed by atoms with Crippen LogP contribution in [0.4, 0.5) is 0 Å². The maximum absolute atomic E-state index is 9.18. The smallest absolute Gasteiger partial charge is 0.157 e. The summed E-state index contributed by atoms with van der Waals surface area (Å²) in [6.45, 7) is 0.0562. The minimum Gasteiger partial charge on any atom is -0.394 e. The zero-order chi connectivity index (χ0) is 12.5. The molecule has 2 aromatic heterocycles. The average Bonchev–Trinajstić information content (AvgIpc) is 2.84. The minimum absolute atomic E-state index is 0.0562. The molecule has 2 N–H and O–H groups in total. The molecule has 6 nitrogen and oxygen atoms in total. The zero-order valence-electron chi connectivity index (χ0n) is 9.74. The number of H-pyrrole nitrogens is 1. The molecule has 1 aliphatic rings. The van der Waals surface area contributed by atoms with Crippen LogP contribution in [-0.4, -0.2) is 37.3 Å². The minimum atomic E-state index is -0.103. The third kappa shape index (κ3) is 1.94. The van der Waals surface area contributed by atoms with Crippen LogP contribution in [0.1, 0.15) is 25.5 Å². The number of nitrogens with zero attached hydrogens (tertiary/aromatic N) is 3. The van der Waals surface area contributed by atoms with Crippen molar-refractivity contribution in [2.75, 3.05) is 6.61 Å². The first-order chi connectivity index (χ1) is 8.79. The molecule has 0 spiro atoms. The van der Waals surface area contributed by atoms with Gasteiger partial charge in [0, 0.05) is 0 Å². The number of aliphatic hydroxyl groups is 1. The van der Waals surface area contributed by atoms with Crippen LogP contribution in [0.5, 0.6) is 0 Å². The quantitative estimate of drug-likeness (QED) is 0.807. The number of hydrogen-bond donors (Lipinski definition) is 2. The highest BCUT2D eigenvalue weighted by Gasteiger charge is 2.24. The molecule has 18 heavy (non-hydrogen) atoms. The lowest BCUT2D eigenvalue weighted by Gasteiger charge is -2.29. The summed E-state index contributed by atoms with van der Waals surface area (Å²) in [7, 11) is 0. The number of fused-ring (bicyclic) bond motifs is 1. The van der Waals surface area contributed by atoms with Gasteiger partial charge >= 0.3 is 0 Å². The summed E-state index contributed by atoms with van der Waals surface area (Å²) in [4.78, 5) is 11.3. The maximum atomic E-state index is 9.18. The highest BCUT2D eigenvalue weighted by atomic mass is 32.1. The summed E-state index contributed by atoms with van der Waals surface area (Å²) < 4.78 is 8.24. The highest BCUT2D eigenvalue weighted by Crippen LogP contribution is 2.28. The molecule has 0 aromatic carbocycles. The van der Waals surface area contributed by atoms with E-state index in [1.54, 1.807) is 12.7 Å². The number of imidazole rings is 1. The summed E-state index contributed by atoms with van der Waals surface area (Å²) in [6.07, 6.45) is 5.92. The molecule has 1 aliphatic heterocycles. The van der Waals surface area contributed by atoms with Crippen LogP contribution in [0.3, 0.4) is 0 Å². The Balaban J connectivity index is 1.99. The SMILES string of the molecule is OC[C@H]1CCC[C@@H](n2cnc3c(=S)nc[nH]c32)O1. The van der Waals surface area contributed by atoms with Crippen molar-refractivity contribution in [3.63, 3.8) is 0 Å². The van der Waals surface area contributed by atoms with Crippen molar-refractivity contribution in [1.29, 1.82) is 0 Å². The topological polar surface area (TPSA) is 76.0 Å². The maximum Gasteiger partial charge on any atom is 0.157 e. The van der Waals surface area contributed by atoms with E-state index < -0.39 is 0 Å². The van der Waals surface area contributed by atoms with Crippen LogP contribution in [0, 0.1) is 4.64 Å². The number of aliphatic hydroxyl groups excluding tert-OH is 1. The Morgan fingerprint density at radius 3 is 3.22 bits per heavy atom. The molecule has 3 heterocycles. The van der Waals surface area contributed by atoms with Crippen molar-refractivity contribution in [2.24, 2.45) is 0 Å². The Hall–Kier alpha value is -1.31. The largest absolute Gasteiger partial charge is 0.394 e. The molecule has 0 aliphatic carbocycles. The summed E-state index contributed by atoms with van der Waals surface area (Å²) in [6, 6.07) is 0. The molecule has 0 bridgehead atoms. The Bertz CT molecular complexity index is 608. The predicted molar refractivity (Wildman–Crippen MR) is 67.6 cm³/mol. The Morgan fingerprint density at radius 2 is 2.39 bits per heavy atom. The van der Waals surface area contributed by atoms with E-state index in [-0.39, 0.29) is 18.9 Å². The Labute approximate surface area is 109 Å². The molecule has 0 amide bonds. The Kier molecular flexibility index (Phi) is 3.11. The molecule has 2 aromatic rings. The first-order valence-electron chi connectivity index (χ1n) is 5.96. The van der Waals surface area contributed by atoms with Gasteiger partial charge in [-0.2, -0.15) is 0 Å². The van der Waals surface area contributed by atoms with Crippen molar-refractivity contribution in [1.82, 2.24) is 19.5 Å². The number of nitrogens with one attached hydrogen (secondary N) is 1. The fraction of sp³-hybridized carbons (Fsp3) is 0.545. The van der Waals surface area contributed by atoms with Gasteiger partial charge in [-0.25, -0.2) is 9.97 Å². The predicted octanol–water partition coefficient (Wildman–Crippen LogP) is 1.55. The van der Waals surface area contributed by atoms with Gasteiger partial charge in [0.25, 0.3) is 0 Å². The van der Waals surface area contributed by atoms with E-state index in [1.807, 2.05) is 4.57 Å². The van der Waals surface area contributed by atoms with Crippen molar-refractivity contribution >= 4 is 23.4 Å². The van der Waals surface area contributed by atoms with Crippen LogP contribution in [0.2, 0.25) is 0 Å². The van der Waals surface area contributed by atoms with Gasteiger partial charge in [-0.05, 0) is 19.3 Å². The summed E-state index contributed by atoms with van der Waals surface area (Å²) >= 11 is 5.13. The molecule has 0 unspecified atom stereocenters. The van der Waals surface area contributed by atoms with Crippen LogP contribution < -0.4 is 0 Å². The second-order valence-electron chi connectivity index (χ2n) is 4.38. The third-order valence-electron chi connectivity index (χ3n) is 3.22. The van der Waals surface area contributed by atoms with E-state index in [1.165, 1.54) is 0 Å². The summed E-state index contributed by atoms with van der Waals surface area (Å²) in [5, 5.41) is 9.18. The molecule has 96 valence electrons. The monoisotopic (exact) mass is 266 g/mol. The molecule has 0 saturated carbocycles. The van der Waals surface area contributed by atoms with E-state index in [9.17, 15) is 5.11 Å². The fourth-order valence-electron chi connectivity index (χ4n) is 2.31. The Morgan fingerprint density at radius 1 is 1.50 bits per heavy atom. The standard InChI is InChI=1S/C11H14N4O2S/c16-4-7-2-1-3-8(17-7)15-6-14-9-10(15)12-5-13-11(9)18/h5-8,16H,1-4H2,(H,12,13,18)/t7-,8+/m1/s1. The average molecular weight is 266 g/mol. The molecule has 1 fully saturated rings. The van der Waals surface area contributed by atoms with Gasteiger partial charge in [-0.3, -0.25) is 4.57 Å². The van der Waals surface area contributed by atoms with E-state index >= 15 is 0 Å². The number of aromatic amines is 1. The molecule has 2 atom stereocenters. The van der Waals surface area contributed by atoms with Gasteiger partial charge in [0.1, 0.15) is 17.4 Å². The number of aromatic nitrogens is 4. The molecular formula is C11H14N4O2S. The molecule has 1 saturated heterocycles. The second-order valence-corrected chi connectivity index (χ2v) is 4.77. The van der Waals surface area contributed by atoms with Gasteiger partial charge < -0.3 is 14.8 Å². The lowest BCUT2D eigenvalue weighted by Crippen LogP contribution is -2.28. The van der Waals surface area contributed by atoms with Crippen LogP contribution in [0.15, 0.2) is 12.7 Å². The normalized spacial score (nSPS) is 24.5. The van der Waals surface area contributed by atoms with Crippen molar-refractivity contribution in [2.45, 2.75) is 31.6 Å². The van der Waals surface area contributed by atoms with Crippen molar-refractivity contribution < 1.29 is 9.84 Å². The van der Waals surface area contributed by atoms with Gasteiger partial charge in [-0.15, -0.1) is 0 Å². The molecular weight excluding hydrogens is 252 g/mol. The van der Waals surface area contributed by atoms with E-state index in [2.05, 4.69) is 15.0 Å². The number of ether oxygens (including phenoxy) is 1. The van der Waals surface area contributed by atoms with E-state index in [0.29, 0.717) is 10.2 Å². The first-order valence-corrected chi connectivity index (χ1v) is 6.37. The van der Waals surface area contributed by atoms with Crippen LogP contribution in [0.25, 0.3) is 11.2 Å². The van der Waals surface area contributed by atoms with E-state index in [0.717, 1.165) is 24.9 Å². The fourth-order valence-corrected chi connectivity index (χ4v) is 2.51. The lowest BCUT2D eigenvalue weighted by molar-refractivity contribution is -0.105. The van der Waals surface area contributed by atoms with Crippen molar-refractivity contribution in [3.8, 4) is 0 Å². The lowest BCUT2D eigenvalue weighted by atomic mass is 10.1. The van der Waals surface area contributed by atoms with Crippen LogP contribution >= 0.6 is 12.2 Å². The van der Waals surface area contributed by atoms with Crippen molar-refractivity contribution in [3.05, 3.63) is 17.3 Å². The highest BCUT2D eigenvalue weighted by molar-refractivity contribution is 7.71. The van der Waals surface area contributed by atoms with Gasteiger partial charge in [-0.1, -0.05) is 12.2 Å². The number of hydrogen-bond acceptors (Lipinski definition) is 5. The van der Waals surface area contributed by atoms with E-state index in [4.69, 9.17) is 17.0 Å². The van der Waals surface area contributed by atoms with Gasteiger partial charge in [0.15, 0.2) is 4.64 Å². The molecule has 7 heteroatoms. The molecule has 3 rings (SSSR count). The van der Waals surface area contributed by atoms with Gasteiger partial charge in [0.05, 0.1) is 25.4 Å². The first kappa shape index (κ1) is 11.8.